The van der Waals surface area contributed by atoms with Gasteiger partial charge in [-0.05, 0) is 92.6 Å². The van der Waals surface area contributed by atoms with E-state index in [-0.39, 0.29) is 0 Å². The molecular weight excluding hydrogens is 363 g/mol. The summed E-state index contributed by atoms with van der Waals surface area (Å²) in [5.74, 6) is 0. The van der Waals surface area contributed by atoms with Gasteiger partial charge in [0.1, 0.15) is 0 Å². The van der Waals surface area contributed by atoms with Crippen molar-refractivity contribution in [2.24, 2.45) is 0 Å². The van der Waals surface area contributed by atoms with Crippen LogP contribution in [0, 0.1) is 6.92 Å². The number of aromatic nitrogens is 1. The van der Waals surface area contributed by atoms with Crippen molar-refractivity contribution in [3.05, 3.63) is 68.5 Å². The predicted molar refractivity (Wildman–Crippen MR) is 110 cm³/mol. The predicted octanol–water partition coefficient (Wildman–Crippen LogP) is 5.73. The molecule has 0 radical (unpaired) electrons. The van der Waals surface area contributed by atoms with Gasteiger partial charge < -0.3 is 0 Å². The lowest BCUT2D eigenvalue weighted by Crippen LogP contribution is -2.39. The third kappa shape index (κ3) is 3.43. The molecule has 0 saturated heterocycles. The largest absolute Gasteiger partial charge is 0.297 e. The zero-order valence-electron chi connectivity index (χ0n) is 15.4. The van der Waals surface area contributed by atoms with Crippen LogP contribution >= 0.6 is 23.2 Å². The molecule has 0 saturated carbocycles. The molecule has 136 valence electrons. The number of hydrogen-bond acceptors (Lipinski definition) is 2. The standard InChI is InChI=1S/C22H24Cl2N2/c1-14-22(24)8-7-18(25-14)4-3-10-26-11-9-19-20(15(26)2)12-16-5-6-17(23)13-21(16)19/h5-8,13,15H,3-4,9-12H2,1-2H3. The number of hydrogen-bond donors (Lipinski definition) is 0. The fourth-order valence-electron chi connectivity index (χ4n) is 4.34. The van der Waals surface area contributed by atoms with Crippen molar-refractivity contribution in [1.29, 1.82) is 0 Å². The zero-order valence-corrected chi connectivity index (χ0v) is 16.9. The molecule has 1 aliphatic heterocycles. The second-order valence-electron chi connectivity index (χ2n) is 7.42. The summed E-state index contributed by atoms with van der Waals surface area (Å²) in [6.07, 6.45) is 4.34. The minimum Gasteiger partial charge on any atom is -0.297 e. The summed E-state index contributed by atoms with van der Waals surface area (Å²) in [5.41, 5.74) is 8.02. The van der Waals surface area contributed by atoms with Crippen molar-refractivity contribution >= 4 is 28.8 Å². The van der Waals surface area contributed by atoms with E-state index in [9.17, 15) is 0 Å². The summed E-state index contributed by atoms with van der Waals surface area (Å²) >= 11 is 12.3. The van der Waals surface area contributed by atoms with Crippen LogP contribution in [0.5, 0.6) is 0 Å². The first-order chi connectivity index (χ1) is 12.5. The fourth-order valence-corrected chi connectivity index (χ4v) is 4.61. The van der Waals surface area contributed by atoms with Crippen molar-refractivity contribution in [1.82, 2.24) is 9.88 Å². The average Bonchev–Trinajstić information content (AvgIpc) is 2.99. The van der Waals surface area contributed by atoms with Crippen molar-refractivity contribution in [3.63, 3.8) is 0 Å². The Hall–Kier alpha value is -1.35. The topological polar surface area (TPSA) is 16.1 Å². The molecule has 1 aromatic carbocycles. The van der Waals surface area contributed by atoms with Gasteiger partial charge in [0.2, 0.25) is 0 Å². The molecule has 2 aromatic rings. The molecule has 1 unspecified atom stereocenters. The molecule has 0 fully saturated rings. The highest BCUT2D eigenvalue weighted by Gasteiger charge is 2.31. The van der Waals surface area contributed by atoms with E-state index in [1.807, 2.05) is 25.1 Å². The molecule has 0 N–H and O–H groups in total. The number of fused-ring (bicyclic) bond motifs is 2. The van der Waals surface area contributed by atoms with E-state index in [1.165, 1.54) is 11.1 Å². The van der Waals surface area contributed by atoms with Crippen LogP contribution in [0.3, 0.4) is 0 Å². The minimum absolute atomic E-state index is 0.504. The van der Waals surface area contributed by atoms with Gasteiger partial charge >= 0.3 is 0 Å². The van der Waals surface area contributed by atoms with Gasteiger partial charge in [-0.15, -0.1) is 0 Å². The minimum atomic E-state index is 0.504. The average molecular weight is 387 g/mol. The highest BCUT2D eigenvalue weighted by Crippen LogP contribution is 2.41. The summed E-state index contributed by atoms with van der Waals surface area (Å²) in [6.45, 7) is 6.56. The van der Waals surface area contributed by atoms with Gasteiger partial charge in [-0.25, -0.2) is 0 Å². The molecule has 26 heavy (non-hydrogen) atoms. The Morgan fingerprint density at radius 2 is 2.04 bits per heavy atom. The molecule has 2 heterocycles. The maximum absolute atomic E-state index is 6.22. The van der Waals surface area contributed by atoms with Crippen LogP contribution in [0.25, 0.3) is 5.57 Å². The molecule has 1 aromatic heterocycles. The molecule has 0 amide bonds. The monoisotopic (exact) mass is 386 g/mol. The molecule has 0 bridgehead atoms. The summed E-state index contributed by atoms with van der Waals surface area (Å²) in [4.78, 5) is 7.21. The lowest BCUT2D eigenvalue weighted by molar-refractivity contribution is 0.225. The lowest BCUT2D eigenvalue weighted by Gasteiger charge is -2.35. The normalized spacial score (nSPS) is 19.6. The number of halogens is 2. The maximum Gasteiger partial charge on any atom is 0.0618 e. The molecule has 1 atom stereocenters. The number of rotatable bonds is 4. The number of aryl methyl sites for hydroxylation is 2. The van der Waals surface area contributed by atoms with Crippen molar-refractivity contribution in [2.75, 3.05) is 13.1 Å². The molecule has 2 aliphatic rings. The van der Waals surface area contributed by atoms with Crippen LogP contribution in [0.4, 0.5) is 0 Å². The van der Waals surface area contributed by atoms with E-state index < -0.39 is 0 Å². The van der Waals surface area contributed by atoms with Crippen LogP contribution in [-0.4, -0.2) is 29.0 Å². The lowest BCUT2D eigenvalue weighted by atomic mass is 9.93. The van der Waals surface area contributed by atoms with Gasteiger partial charge in [0.05, 0.1) is 10.7 Å². The molecule has 4 rings (SSSR count). The summed E-state index contributed by atoms with van der Waals surface area (Å²) in [7, 11) is 0. The maximum atomic E-state index is 6.22. The Morgan fingerprint density at radius 1 is 1.19 bits per heavy atom. The van der Waals surface area contributed by atoms with Crippen molar-refractivity contribution < 1.29 is 0 Å². The molecule has 1 aliphatic carbocycles. The van der Waals surface area contributed by atoms with E-state index >= 15 is 0 Å². The smallest absolute Gasteiger partial charge is 0.0618 e. The zero-order chi connectivity index (χ0) is 18.3. The Balaban J connectivity index is 1.40. The van der Waals surface area contributed by atoms with Crippen LogP contribution in [0.2, 0.25) is 10.0 Å². The first-order valence-electron chi connectivity index (χ1n) is 9.39. The highest BCUT2D eigenvalue weighted by atomic mass is 35.5. The Labute approximate surface area is 165 Å². The third-order valence-corrected chi connectivity index (χ3v) is 6.46. The van der Waals surface area contributed by atoms with Crippen molar-refractivity contribution in [3.8, 4) is 0 Å². The summed E-state index contributed by atoms with van der Waals surface area (Å²) < 4.78 is 0. The highest BCUT2D eigenvalue weighted by molar-refractivity contribution is 6.31. The van der Waals surface area contributed by atoms with E-state index in [0.29, 0.717) is 6.04 Å². The van der Waals surface area contributed by atoms with Gasteiger partial charge in [-0.1, -0.05) is 29.3 Å². The second kappa shape index (κ2) is 7.34. The first kappa shape index (κ1) is 18.0. The quantitative estimate of drug-likeness (QED) is 0.666. The van der Waals surface area contributed by atoms with Gasteiger partial charge in [-0.3, -0.25) is 9.88 Å². The van der Waals surface area contributed by atoms with E-state index in [1.54, 1.807) is 11.1 Å². The summed E-state index contributed by atoms with van der Waals surface area (Å²) in [6, 6.07) is 10.9. The van der Waals surface area contributed by atoms with Gasteiger partial charge in [0, 0.05) is 23.3 Å². The van der Waals surface area contributed by atoms with Crippen LogP contribution in [-0.2, 0) is 12.8 Å². The third-order valence-electron chi connectivity index (χ3n) is 5.82. The van der Waals surface area contributed by atoms with Crippen LogP contribution < -0.4 is 0 Å². The number of benzene rings is 1. The van der Waals surface area contributed by atoms with Gasteiger partial charge in [0.25, 0.3) is 0 Å². The van der Waals surface area contributed by atoms with Gasteiger partial charge in [-0.2, -0.15) is 0 Å². The summed E-state index contributed by atoms with van der Waals surface area (Å²) in [5, 5.41) is 1.59. The van der Waals surface area contributed by atoms with Crippen molar-refractivity contribution in [2.45, 2.75) is 45.6 Å². The Bertz CT molecular complexity index is 872. The Morgan fingerprint density at radius 3 is 2.85 bits per heavy atom. The van der Waals surface area contributed by atoms with E-state index in [4.69, 9.17) is 23.2 Å². The molecule has 0 spiro atoms. The second-order valence-corrected chi connectivity index (χ2v) is 8.26. The molecular formula is C22H24Cl2N2. The van der Waals surface area contributed by atoms with E-state index in [0.717, 1.165) is 60.2 Å². The molecule has 4 heteroatoms. The van der Waals surface area contributed by atoms with Crippen LogP contribution in [0.1, 0.15) is 42.3 Å². The van der Waals surface area contributed by atoms with Crippen LogP contribution in [0.15, 0.2) is 35.9 Å². The fraction of sp³-hybridized carbons (Fsp3) is 0.409. The molecule has 2 nitrogen and oxygen atoms in total. The van der Waals surface area contributed by atoms with Gasteiger partial charge in [0.15, 0.2) is 0 Å². The SMILES string of the molecule is Cc1nc(CCCN2CCC3=C(Cc4ccc(Cl)cc43)C2C)ccc1Cl. The number of pyridine rings is 1. The first-order valence-corrected chi connectivity index (χ1v) is 10.2. The Kier molecular flexibility index (Phi) is 5.09. The number of nitrogens with zero attached hydrogens (tertiary/aromatic N) is 2. The van der Waals surface area contributed by atoms with E-state index in [2.05, 4.69) is 28.9 Å².